The van der Waals surface area contributed by atoms with Gasteiger partial charge in [0.1, 0.15) is 13.2 Å². The molecule has 0 spiro atoms. The lowest BCUT2D eigenvalue weighted by Gasteiger charge is -2.37. The third-order valence-electron chi connectivity index (χ3n) is 4.44. The second-order valence-electron chi connectivity index (χ2n) is 6.16. The second kappa shape index (κ2) is 7.95. The van der Waals surface area contributed by atoms with Crippen molar-refractivity contribution in [1.82, 2.24) is 10.2 Å². The second-order valence-corrected chi connectivity index (χ2v) is 6.54. The van der Waals surface area contributed by atoms with E-state index < -0.39 is 0 Å². The summed E-state index contributed by atoms with van der Waals surface area (Å²) in [5.74, 6) is 1.06. The fraction of sp³-hybridized carbons (Fsp3) is 0.474. The van der Waals surface area contributed by atoms with Crippen LogP contribution in [0.5, 0.6) is 11.5 Å². The number of rotatable bonds is 5. The largest absolute Gasteiger partial charge is 0.486 e. The molecule has 1 N–H and O–H groups in total. The van der Waals surface area contributed by atoms with E-state index in [9.17, 15) is 4.79 Å². The zero-order chi connectivity index (χ0) is 18.7. The summed E-state index contributed by atoms with van der Waals surface area (Å²) in [5.41, 5.74) is 2.29. The molecule has 0 saturated carbocycles. The molecule has 1 aromatic rings. The van der Waals surface area contributed by atoms with Crippen LogP contribution < -0.4 is 14.8 Å². The first kappa shape index (κ1) is 18.5. The maximum Gasteiger partial charge on any atom is 0.338 e. The van der Waals surface area contributed by atoms with Crippen molar-refractivity contribution in [3.05, 3.63) is 35.0 Å². The summed E-state index contributed by atoms with van der Waals surface area (Å²) < 4.78 is 16.6. The number of carbonyl (C=O) groups is 1. The highest BCUT2D eigenvalue weighted by Crippen LogP contribution is 2.37. The van der Waals surface area contributed by atoms with Crippen molar-refractivity contribution in [3.63, 3.8) is 0 Å². The lowest BCUT2D eigenvalue weighted by Crippen LogP contribution is -2.48. The molecule has 2 aliphatic rings. The summed E-state index contributed by atoms with van der Waals surface area (Å²) in [6.07, 6.45) is 0.921. The highest BCUT2D eigenvalue weighted by Gasteiger charge is 2.35. The zero-order valence-electron chi connectivity index (χ0n) is 15.3. The zero-order valence-corrected chi connectivity index (χ0v) is 16.1. The van der Waals surface area contributed by atoms with Gasteiger partial charge in [-0.15, -0.1) is 0 Å². The summed E-state index contributed by atoms with van der Waals surface area (Å²) in [6, 6.07) is 5.31. The van der Waals surface area contributed by atoms with Crippen LogP contribution in [0.2, 0.25) is 0 Å². The molecule has 6 nitrogen and oxygen atoms in total. The number of ether oxygens (including phenoxy) is 3. The first-order valence-electron chi connectivity index (χ1n) is 8.92. The van der Waals surface area contributed by atoms with Crippen molar-refractivity contribution < 1.29 is 19.0 Å². The van der Waals surface area contributed by atoms with Gasteiger partial charge in [0.15, 0.2) is 16.6 Å². The Morgan fingerprint density at radius 2 is 2.04 bits per heavy atom. The van der Waals surface area contributed by atoms with Gasteiger partial charge in [-0.3, -0.25) is 0 Å². The van der Waals surface area contributed by atoms with Crippen LogP contribution in [0, 0.1) is 0 Å². The van der Waals surface area contributed by atoms with E-state index >= 15 is 0 Å². The number of fused-ring (bicyclic) bond motifs is 1. The molecule has 7 heteroatoms. The molecule has 140 valence electrons. The number of thiocarbonyl (C=S) groups is 1. The number of benzene rings is 1. The average Bonchev–Trinajstić information content (AvgIpc) is 2.64. The van der Waals surface area contributed by atoms with Gasteiger partial charge < -0.3 is 24.4 Å². The molecule has 0 unspecified atom stereocenters. The van der Waals surface area contributed by atoms with E-state index in [0.29, 0.717) is 42.0 Å². The number of nitrogens with one attached hydrogen (secondary N) is 1. The first-order chi connectivity index (χ1) is 12.6. The predicted octanol–water partition coefficient (Wildman–Crippen LogP) is 2.94. The Labute approximate surface area is 159 Å². The summed E-state index contributed by atoms with van der Waals surface area (Å²) in [6.45, 7) is 7.91. The molecule has 26 heavy (non-hydrogen) atoms. The van der Waals surface area contributed by atoms with Crippen molar-refractivity contribution in [2.75, 3.05) is 26.4 Å². The molecule has 0 amide bonds. The summed E-state index contributed by atoms with van der Waals surface area (Å²) in [5, 5.41) is 3.91. The minimum absolute atomic E-state index is 0.321. The molecular weight excluding hydrogens is 352 g/mol. The van der Waals surface area contributed by atoms with E-state index in [4.69, 9.17) is 26.4 Å². The highest BCUT2D eigenvalue weighted by molar-refractivity contribution is 7.80. The molecule has 0 aromatic heterocycles. The van der Waals surface area contributed by atoms with Gasteiger partial charge in [-0.05, 0) is 50.2 Å². The molecule has 3 rings (SSSR count). The van der Waals surface area contributed by atoms with Gasteiger partial charge in [-0.2, -0.15) is 0 Å². The Morgan fingerprint density at radius 1 is 1.31 bits per heavy atom. The van der Waals surface area contributed by atoms with Gasteiger partial charge in [0.05, 0.1) is 18.2 Å². The van der Waals surface area contributed by atoms with Crippen molar-refractivity contribution >= 4 is 23.3 Å². The van der Waals surface area contributed by atoms with Crippen LogP contribution in [0.25, 0.3) is 0 Å². The quantitative estimate of drug-likeness (QED) is 0.626. The van der Waals surface area contributed by atoms with Gasteiger partial charge in [0, 0.05) is 12.2 Å². The third kappa shape index (κ3) is 3.49. The lowest BCUT2D eigenvalue weighted by molar-refractivity contribution is -0.139. The van der Waals surface area contributed by atoms with Crippen LogP contribution in [0.1, 0.15) is 38.8 Å². The highest BCUT2D eigenvalue weighted by atomic mass is 32.1. The average molecular weight is 376 g/mol. The number of allylic oxidation sites excluding steroid dienone is 1. The van der Waals surface area contributed by atoms with Crippen molar-refractivity contribution in [3.8, 4) is 11.5 Å². The van der Waals surface area contributed by atoms with Crippen LogP contribution in [0.3, 0.4) is 0 Å². The topological polar surface area (TPSA) is 60.0 Å². The van der Waals surface area contributed by atoms with Gasteiger partial charge in [0.2, 0.25) is 0 Å². The molecule has 1 atom stereocenters. The third-order valence-corrected chi connectivity index (χ3v) is 4.78. The van der Waals surface area contributed by atoms with E-state index in [0.717, 1.165) is 24.2 Å². The van der Waals surface area contributed by atoms with E-state index in [1.807, 2.05) is 30.0 Å². The molecule has 0 bridgehead atoms. The summed E-state index contributed by atoms with van der Waals surface area (Å²) >= 11 is 5.54. The fourth-order valence-corrected chi connectivity index (χ4v) is 3.58. The maximum atomic E-state index is 12.7. The van der Waals surface area contributed by atoms with Gasteiger partial charge >= 0.3 is 5.97 Å². The Balaban J connectivity index is 2.03. The number of nitrogens with zero attached hydrogens (tertiary/aromatic N) is 1. The fourth-order valence-electron chi connectivity index (χ4n) is 3.24. The number of esters is 1. The van der Waals surface area contributed by atoms with E-state index in [2.05, 4.69) is 12.2 Å². The Bertz CT molecular complexity index is 747. The number of hydrogen-bond acceptors (Lipinski definition) is 5. The van der Waals surface area contributed by atoms with Crippen LogP contribution in [-0.2, 0) is 9.53 Å². The minimum atomic E-state index is -0.384. The molecule has 0 fully saturated rings. The standard InChI is InChI=1S/C19H24N2O4S/c1-4-8-21-12(3)16(18(22)23-5-2)17(20-19(21)26)13-6-7-14-15(11-13)25-10-9-24-14/h6-7,11,17H,4-5,8-10H2,1-3H3,(H,20,26)/t17-/m0/s1. The molecule has 2 heterocycles. The van der Waals surface area contributed by atoms with Gasteiger partial charge in [-0.25, -0.2) is 4.79 Å². The van der Waals surface area contributed by atoms with E-state index in [-0.39, 0.29) is 12.0 Å². The van der Waals surface area contributed by atoms with Crippen molar-refractivity contribution in [2.45, 2.75) is 33.2 Å². The Morgan fingerprint density at radius 3 is 2.73 bits per heavy atom. The molecule has 0 saturated heterocycles. The molecule has 0 aliphatic carbocycles. The van der Waals surface area contributed by atoms with Crippen LogP contribution in [-0.4, -0.2) is 42.3 Å². The monoisotopic (exact) mass is 376 g/mol. The van der Waals surface area contributed by atoms with Crippen molar-refractivity contribution in [2.24, 2.45) is 0 Å². The molecule has 1 aromatic carbocycles. The van der Waals surface area contributed by atoms with Crippen LogP contribution >= 0.6 is 12.2 Å². The Hall–Kier alpha value is -2.28. The predicted molar refractivity (Wildman–Crippen MR) is 102 cm³/mol. The maximum absolute atomic E-state index is 12.7. The molecule has 0 radical (unpaired) electrons. The number of carbonyl (C=O) groups excluding carboxylic acids is 1. The first-order valence-corrected chi connectivity index (χ1v) is 9.33. The number of hydrogen-bond donors (Lipinski definition) is 1. The SMILES string of the molecule is CCCN1C(=S)N[C@@H](c2ccc3c(c2)OCCO3)C(C(=O)OCC)=C1C. The summed E-state index contributed by atoms with van der Waals surface area (Å²) in [7, 11) is 0. The lowest BCUT2D eigenvalue weighted by atomic mass is 9.94. The van der Waals surface area contributed by atoms with Gasteiger partial charge in [0.25, 0.3) is 0 Å². The molecule has 2 aliphatic heterocycles. The van der Waals surface area contributed by atoms with Gasteiger partial charge in [-0.1, -0.05) is 13.0 Å². The molecular formula is C19H24N2O4S. The summed E-state index contributed by atoms with van der Waals surface area (Å²) in [4.78, 5) is 14.6. The normalized spacial score (nSPS) is 19.3. The smallest absolute Gasteiger partial charge is 0.338 e. The van der Waals surface area contributed by atoms with E-state index in [1.165, 1.54) is 0 Å². The Kier molecular flexibility index (Phi) is 5.66. The van der Waals surface area contributed by atoms with E-state index in [1.54, 1.807) is 6.92 Å². The minimum Gasteiger partial charge on any atom is -0.486 e. The van der Waals surface area contributed by atoms with Crippen LogP contribution in [0.4, 0.5) is 0 Å². The van der Waals surface area contributed by atoms with Crippen molar-refractivity contribution in [1.29, 1.82) is 0 Å². The van der Waals surface area contributed by atoms with Crippen LogP contribution in [0.15, 0.2) is 29.5 Å².